The number of fused-ring (bicyclic) bond motifs is 1. The summed E-state index contributed by atoms with van der Waals surface area (Å²) in [6.07, 6.45) is 3.42. The van der Waals surface area contributed by atoms with Crippen molar-refractivity contribution in [1.29, 1.82) is 0 Å². The molecule has 0 bridgehead atoms. The molecule has 4 aromatic rings. The topological polar surface area (TPSA) is 118 Å². The van der Waals surface area contributed by atoms with Crippen LogP contribution in [0.15, 0.2) is 54.9 Å². The molecule has 3 N–H and O–H groups in total. The van der Waals surface area contributed by atoms with Crippen LogP contribution in [0.3, 0.4) is 0 Å². The molecule has 0 saturated carbocycles. The number of carbonyl (C=O) groups is 1. The fourth-order valence-electron chi connectivity index (χ4n) is 3.93. The van der Waals surface area contributed by atoms with Crippen LogP contribution in [-0.4, -0.2) is 65.7 Å². The SMILES string of the molecule is CNC(=O)c1ccccc1Nc1nc(Nc2ccc(N3CCOCC3)cc2OC)n2ccnc2n1. The van der Waals surface area contributed by atoms with Gasteiger partial charge < -0.3 is 30.3 Å². The number of imidazole rings is 1. The second kappa shape index (κ2) is 9.85. The van der Waals surface area contributed by atoms with Gasteiger partial charge >= 0.3 is 0 Å². The third kappa shape index (κ3) is 4.66. The third-order valence-corrected chi connectivity index (χ3v) is 5.72. The molecule has 0 radical (unpaired) electrons. The Morgan fingerprint density at radius 2 is 1.89 bits per heavy atom. The Labute approximate surface area is 202 Å². The molecule has 35 heavy (non-hydrogen) atoms. The van der Waals surface area contributed by atoms with Gasteiger partial charge in [-0.05, 0) is 24.3 Å². The average molecular weight is 475 g/mol. The minimum atomic E-state index is -0.210. The zero-order valence-corrected chi connectivity index (χ0v) is 19.5. The molecule has 11 heteroatoms. The van der Waals surface area contributed by atoms with Gasteiger partial charge in [-0.15, -0.1) is 0 Å². The van der Waals surface area contributed by atoms with Crippen LogP contribution in [0.5, 0.6) is 5.75 Å². The Morgan fingerprint density at radius 1 is 1.06 bits per heavy atom. The van der Waals surface area contributed by atoms with Crippen LogP contribution < -0.4 is 25.6 Å². The van der Waals surface area contributed by atoms with Gasteiger partial charge in [0.2, 0.25) is 17.7 Å². The lowest BCUT2D eigenvalue weighted by molar-refractivity contribution is 0.0964. The molecular formula is C24H26N8O3. The van der Waals surface area contributed by atoms with Crippen molar-refractivity contribution in [2.75, 3.05) is 56.0 Å². The maximum absolute atomic E-state index is 12.3. The van der Waals surface area contributed by atoms with Gasteiger partial charge in [0, 0.05) is 44.3 Å². The molecule has 3 heterocycles. The monoisotopic (exact) mass is 474 g/mol. The predicted molar refractivity (Wildman–Crippen MR) is 133 cm³/mol. The first kappa shape index (κ1) is 22.4. The molecule has 1 aliphatic rings. The smallest absolute Gasteiger partial charge is 0.253 e. The number of benzene rings is 2. The quantitative estimate of drug-likeness (QED) is 0.372. The number of carbonyl (C=O) groups excluding carboxylic acids is 1. The van der Waals surface area contributed by atoms with E-state index in [-0.39, 0.29) is 5.91 Å². The molecule has 1 fully saturated rings. The Kier molecular flexibility index (Phi) is 6.31. The van der Waals surface area contributed by atoms with Crippen molar-refractivity contribution in [2.24, 2.45) is 0 Å². The summed E-state index contributed by atoms with van der Waals surface area (Å²) in [5.74, 6) is 1.71. The fraction of sp³-hybridized carbons (Fsp3) is 0.250. The number of amides is 1. The maximum Gasteiger partial charge on any atom is 0.253 e. The molecule has 0 spiro atoms. The van der Waals surface area contributed by atoms with Crippen LogP contribution in [0.25, 0.3) is 5.78 Å². The fourth-order valence-corrected chi connectivity index (χ4v) is 3.93. The average Bonchev–Trinajstić information content (AvgIpc) is 3.38. The molecule has 0 atom stereocenters. The molecule has 0 unspecified atom stereocenters. The summed E-state index contributed by atoms with van der Waals surface area (Å²) in [5.41, 5.74) is 2.88. The molecule has 11 nitrogen and oxygen atoms in total. The van der Waals surface area contributed by atoms with Crippen LogP contribution in [0.1, 0.15) is 10.4 Å². The van der Waals surface area contributed by atoms with Gasteiger partial charge in [-0.2, -0.15) is 9.97 Å². The summed E-state index contributed by atoms with van der Waals surface area (Å²) in [6, 6.07) is 13.2. The van der Waals surface area contributed by atoms with Gasteiger partial charge in [-0.25, -0.2) is 4.98 Å². The molecule has 2 aromatic carbocycles. The molecule has 2 aromatic heterocycles. The molecule has 1 aliphatic heterocycles. The van der Waals surface area contributed by atoms with Gasteiger partial charge in [-0.1, -0.05) is 12.1 Å². The first-order chi connectivity index (χ1) is 17.2. The van der Waals surface area contributed by atoms with Crippen molar-refractivity contribution in [2.45, 2.75) is 0 Å². The van der Waals surface area contributed by atoms with E-state index in [1.807, 2.05) is 24.3 Å². The first-order valence-corrected chi connectivity index (χ1v) is 11.2. The summed E-state index contributed by atoms with van der Waals surface area (Å²) in [5, 5.41) is 9.14. The predicted octanol–water partition coefficient (Wildman–Crippen LogP) is 2.82. The number of ether oxygens (including phenoxy) is 2. The lowest BCUT2D eigenvalue weighted by Crippen LogP contribution is -2.36. The highest BCUT2D eigenvalue weighted by atomic mass is 16.5. The number of para-hydroxylation sites is 1. The van der Waals surface area contributed by atoms with Crippen molar-refractivity contribution < 1.29 is 14.3 Å². The van der Waals surface area contributed by atoms with Crippen LogP contribution in [0.4, 0.5) is 29.0 Å². The number of morpholine rings is 1. The molecule has 5 rings (SSSR count). The Bertz CT molecular complexity index is 1350. The Balaban J connectivity index is 1.47. The van der Waals surface area contributed by atoms with Gasteiger partial charge in [0.05, 0.1) is 37.3 Å². The number of nitrogens with one attached hydrogen (secondary N) is 3. The van der Waals surface area contributed by atoms with Crippen LogP contribution in [0.2, 0.25) is 0 Å². The van der Waals surface area contributed by atoms with E-state index in [0.29, 0.717) is 47.9 Å². The van der Waals surface area contributed by atoms with Gasteiger partial charge in [0.1, 0.15) is 5.75 Å². The van der Waals surface area contributed by atoms with Gasteiger partial charge in [0.25, 0.3) is 5.91 Å². The van der Waals surface area contributed by atoms with Crippen LogP contribution in [-0.2, 0) is 4.74 Å². The summed E-state index contributed by atoms with van der Waals surface area (Å²) in [4.78, 5) is 28.0. The number of anilines is 5. The van der Waals surface area contributed by atoms with E-state index in [1.54, 1.807) is 49.2 Å². The summed E-state index contributed by atoms with van der Waals surface area (Å²) in [6.45, 7) is 3.09. The van der Waals surface area contributed by atoms with E-state index >= 15 is 0 Å². The lowest BCUT2D eigenvalue weighted by Gasteiger charge is -2.29. The van der Waals surface area contributed by atoms with E-state index in [0.717, 1.165) is 24.5 Å². The van der Waals surface area contributed by atoms with E-state index in [1.165, 1.54) is 0 Å². The van der Waals surface area contributed by atoms with Crippen molar-refractivity contribution in [3.8, 4) is 5.75 Å². The van der Waals surface area contributed by atoms with Crippen LogP contribution in [0, 0.1) is 0 Å². The number of hydrogen-bond acceptors (Lipinski definition) is 9. The Morgan fingerprint density at radius 3 is 2.69 bits per heavy atom. The molecule has 180 valence electrons. The lowest BCUT2D eigenvalue weighted by atomic mass is 10.1. The largest absolute Gasteiger partial charge is 0.494 e. The highest BCUT2D eigenvalue weighted by Gasteiger charge is 2.16. The molecule has 0 aliphatic carbocycles. The van der Waals surface area contributed by atoms with Gasteiger partial charge in [0.15, 0.2) is 0 Å². The molecule has 1 amide bonds. The maximum atomic E-state index is 12.3. The zero-order chi connectivity index (χ0) is 24.2. The number of rotatable bonds is 7. The van der Waals surface area contributed by atoms with E-state index in [9.17, 15) is 4.79 Å². The van der Waals surface area contributed by atoms with Crippen molar-refractivity contribution in [3.05, 3.63) is 60.4 Å². The van der Waals surface area contributed by atoms with Crippen molar-refractivity contribution in [1.82, 2.24) is 24.7 Å². The van der Waals surface area contributed by atoms with E-state index < -0.39 is 0 Å². The van der Waals surface area contributed by atoms with Crippen LogP contribution >= 0.6 is 0 Å². The van der Waals surface area contributed by atoms with E-state index in [4.69, 9.17) is 9.47 Å². The zero-order valence-electron chi connectivity index (χ0n) is 19.5. The van der Waals surface area contributed by atoms with E-state index in [2.05, 4.69) is 35.8 Å². The standard InChI is InChI=1S/C24H26N8O3/c1-25-21(33)17-5-3-4-6-18(17)27-22-29-23-26-9-10-32(23)24(30-22)28-19-8-7-16(15-20(19)34-2)31-11-13-35-14-12-31/h3-10,15H,11-14H2,1-2H3,(H,25,33)(H2,26,27,28,29,30). The summed E-state index contributed by atoms with van der Waals surface area (Å²) in [7, 11) is 3.23. The summed E-state index contributed by atoms with van der Waals surface area (Å²) < 4.78 is 12.9. The Hall–Kier alpha value is -4.38. The van der Waals surface area contributed by atoms with Gasteiger partial charge in [-0.3, -0.25) is 9.20 Å². The number of methoxy groups -OCH3 is 1. The van der Waals surface area contributed by atoms with Crippen molar-refractivity contribution in [3.63, 3.8) is 0 Å². The third-order valence-electron chi connectivity index (χ3n) is 5.72. The molecular weight excluding hydrogens is 448 g/mol. The summed E-state index contributed by atoms with van der Waals surface area (Å²) >= 11 is 0. The van der Waals surface area contributed by atoms with Crippen molar-refractivity contribution >= 4 is 40.6 Å². The number of aromatic nitrogens is 4. The normalized spacial score (nSPS) is 13.5. The highest BCUT2D eigenvalue weighted by Crippen LogP contribution is 2.32. The number of nitrogens with zero attached hydrogens (tertiary/aromatic N) is 5. The minimum Gasteiger partial charge on any atom is -0.494 e. The first-order valence-electron chi connectivity index (χ1n) is 11.2. The molecule has 1 saturated heterocycles. The number of hydrogen-bond donors (Lipinski definition) is 3. The minimum absolute atomic E-state index is 0.210. The highest BCUT2D eigenvalue weighted by molar-refractivity contribution is 6.00. The second-order valence-corrected chi connectivity index (χ2v) is 7.83. The second-order valence-electron chi connectivity index (χ2n) is 7.83.